The lowest BCUT2D eigenvalue weighted by Gasteiger charge is -2.27. The van der Waals surface area contributed by atoms with Crippen molar-refractivity contribution >= 4 is 27.8 Å². The van der Waals surface area contributed by atoms with E-state index in [0.717, 1.165) is 40.8 Å². The van der Waals surface area contributed by atoms with Crippen molar-refractivity contribution < 1.29 is 19.3 Å². The molecule has 1 saturated heterocycles. The highest BCUT2D eigenvalue weighted by molar-refractivity contribution is 6.07. The van der Waals surface area contributed by atoms with Crippen LogP contribution in [0.5, 0.6) is 11.8 Å². The molecule has 2 aromatic heterocycles. The lowest BCUT2D eigenvalue weighted by atomic mass is 10.1. The van der Waals surface area contributed by atoms with Crippen LogP contribution in [0.15, 0.2) is 60.7 Å². The van der Waals surface area contributed by atoms with E-state index in [0.29, 0.717) is 56.2 Å². The van der Waals surface area contributed by atoms with Crippen molar-refractivity contribution in [1.82, 2.24) is 19.9 Å². The molecule has 2 N–H and O–H groups in total. The number of H-pyrrole nitrogens is 1. The molecule has 5 aromatic rings. The molecule has 1 fully saturated rings. The van der Waals surface area contributed by atoms with Crippen molar-refractivity contribution in [3.8, 4) is 11.8 Å². The number of fused-ring (bicyclic) bond motifs is 3. The third kappa shape index (κ3) is 5.50. The smallest absolute Gasteiger partial charge is 0.321 e. The summed E-state index contributed by atoms with van der Waals surface area (Å²) in [6.45, 7) is 3.06. The monoisotopic (exact) mass is 525 g/mol. The Bertz CT molecular complexity index is 1600. The molecule has 0 amide bonds. The van der Waals surface area contributed by atoms with E-state index >= 15 is 0 Å². The van der Waals surface area contributed by atoms with E-state index in [1.807, 2.05) is 24.3 Å². The van der Waals surface area contributed by atoms with Gasteiger partial charge in [-0.2, -0.15) is 15.0 Å². The van der Waals surface area contributed by atoms with Gasteiger partial charge in [0.15, 0.2) is 0 Å². The van der Waals surface area contributed by atoms with Crippen LogP contribution in [0.4, 0.5) is 5.95 Å². The normalized spacial score (nSPS) is 13.7. The van der Waals surface area contributed by atoms with Crippen molar-refractivity contribution in [1.29, 1.82) is 0 Å². The van der Waals surface area contributed by atoms with Gasteiger partial charge in [0.05, 0.1) is 33.5 Å². The zero-order valence-corrected chi connectivity index (χ0v) is 21.9. The second-order valence-electron chi connectivity index (χ2n) is 9.56. The van der Waals surface area contributed by atoms with Crippen LogP contribution in [0.3, 0.4) is 0 Å². The number of nitrogens with zero attached hydrogens (tertiary/aromatic N) is 4. The minimum atomic E-state index is -0.0643. The second-order valence-corrected chi connectivity index (χ2v) is 9.56. The molecule has 0 unspecified atom stereocenters. The van der Waals surface area contributed by atoms with Gasteiger partial charge in [0.2, 0.25) is 5.95 Å². The summed E-state index contributed by atoms with van der Waals surface area (Å²) in [6, 6.07) is 20.8. The molecule has 200 valence electrons. The Balaban J connectivity index is 1.24. The Hall–Kier alpha value is -4.21. The third-order valence-electron chi connectivity index (χ3n) is 7.02. The molecule has 0 bridgehead atoms. The highest BCUT2D eigenvalue weighted by Gasteiger charge is 2.18. The molecule has 39 heavy (non-hydrogen) atoms. The van der Waals surface area contributed by atoms with Gasteiger partial charge in [-0.15, -0.1) is 0 Å². The number of hydrogen-bond donors (Lipinski definition) is 2. The molecule has 1 aliphatic rings. The zero-order valence-electron chi connectivity index (χ0n) is 21.9. The molecule has 3 heterocycles. The van der Waals surface area contributed by atoms with E-state index < -0.39 is 0 Å². The molecule has 0 atom stereocenters. The van der Waals surface area contributed by atoms with Crippen molar-refractivity contribution in [2.24, 2.45) is 0 Å². The van der Waals surface area contributed by atoms with Gasteiger partial charge in [-0.25, -0.2) is 0 Å². The maximum atomic E-state index is 9.48. The van der Waals surface area contributed by atoms with E-state index in [1.165, 1.54) is 10.8 Å². The summed E-state index contributed by atoms with van der Waals surface area (Å²) in [5.41, 5.74) is 5.15. The van der Waals surface area contributed by atoms with Crippen LogP contribution >= 0.6 is 0 Å². The predicted octanol–water partition coefficient (Wildman–Crippen LogP) is 4.06. The van der Waals surface area contributed by atoms with Gasteiger partial charge in [0, 0.05) is 53.3 Å². The first-order chi connectivity index (χ1) is 19.2. The van der Waals surface area contributed by atoms with Crippen LogP contribution in [0.25, 0.3) is 21.8 Å². The fraction of sp³-hybridized carbons (Fsp3) is 0.300. The number of methoxy groups -OCH3 is 1. The van der Waals surface area contributed by atoms with Crippen molar-refractivity contribution in [3.05, 3.63) is 83.2 Å². The van der Waals surface area contributed by atoms with Crippen LogP contribution < -0.4 is 14.4 Å². The van der Waals surface area contributed by atoms with Gasteiger partial charge < -0.3 is 29.2 Å². The van der Waals surface area contributed by atoms with Crippen molar-refractivity contribution in [3.63, 3.8) is 0 Å². The van der Waals surface area contributed by atoms with Crippen molar-refractivity contribution in [2.75, 3.05) is 44.9 Å². The number of anilines is 1. The lowest BCUT2D eigenvalue weighted by molar-refractivity contribution is 0.122. The number of aromatic amines is 1. The summed E-state index contributed by atoms with van der Waals surface area (Å²) < 4.78 is 17.0. The van der Waals surface area contributed by atoms with Crippen LogP contribution in [0, 0.1) is 0 Å². The first-order valence-electron chi connectivity index (χ1n) is 13.2. The average Bonchev–Trinajstić information content (AvgIpc) is 3.35. The van der Waals surface area contributed by atoms with E-state index in [2.05, 4.69) is 56.3 Å². The summed E-state index contributed by atoms with van der Waals surface area (Å²) in [7, 11) is 1.60. The largest absolute Gasteiger partial charge is 0.496 e. The number of benzene rings is 3. The maximum Gasteiger partial charge on any atom is 0.321 e. The van der Waals surface area contributed by atoms with Gasteiger partial charge >= 0.3 is 6.01 Å². The van der Waals surface area contributed by atoms with E-state index in [1.54, 1.807) is 7.11 Å². The molecule has 6 rings (SSSR count). The third-order valence-corrected chi connectivity index (χ3v) is 7.02. The number of morpholine rings is 1. The highest BCUT2D eigenvalue weighted by atomic mass is 16.5. The van der Waals surface area contributed by atoms with Crippen LogP contribution in [-0.4, -0.2) is 65.1 Å². The van der Waals surface area contributed by atoms with E-state index in [9.17, 15) is 5.11 Å². The molecule has 0 aliphatic carbocycles. The van der Waals surface area contributed by atoms with Gasteiger partial charge in [-0.05, 0) is 35.4 Å². The predicted molar refractivity (Wildman–Crippen MR) is 150 cm³/mol. The SMILES string of the molecule is COc1cc(CCOc2nc(Cc3ccc4[nH]c5ccccc5c4c3)nc(N3CCOCC3)n2)ccc1CO. The summed E-state index contributed by atoms with van der Waals surface area (Å²) in [5, 5.41) is 11.9. The maximum absolute atomic E-state index is 9.48. The molecule has 0 radical (unpaired) electrons. The zero-order chi connectivity index (χ0) is 26.6. The fourth-order valence-electron chi connectivity index (χ4n) is 4.96. The Morgan fingerprint density at radius 1 is 0.923 bits per heavy atom. The molecule has 9 nitrogen and oxygen atoms in total. The first-order valence-corrected chi connectivity index (χ1v) is 13.2. The summed E-state index contributed by atoms with van der Waals surface area (Å²) in [4.78, 5) is 19.7. The molecule has 0 saturated carbocycles. The molecular weight excluding hydrogens is 494 g/mol. The topological polar surface area (TPSA) is 106 Å². The van der Waals surface area contributed by atoms with Crippen LogP contribution in [0.2, 0.25) is 0 Å². The minimum absolute atomic E-state index is 0.0643. The highest BCUT2D eigenvalue weighted by Crippen LogP contribution is 2.27. The Morgan fingerprint density at radius 2 is 1.74 bits per heavy atom. The number of rotatable bonds is 9. The quantitative estimate of drug-likeness (QED) is 0.297. The number of para-hydroxylation sites is 1. The van der Waals surface area contributed by atoms with Gasteiger partial charge in [-0.3, -0.25) is 0 Å². The number of hydrogen-bond acceptors (Lipinski definition) is 8. The minimum Gasteiger partial charge on any atom is -0.496 e. The molecule has 3 aromatic carbocycles. The fourth-order valence-corrected chi connectivity index (χ4v) is 4.96. The number of nitrogens with one attached hydrogen (secondary N) is 1. The Labute approximate surface area is 226 Å². The van der Waals surface area contributed by atoms with Crippen molar-refractivity contribution in [2.45, 2.75) is 19.4 Å². The Kier molecular flexibility index (Phi) is 7.25. The number of aromatic nitrogens is 4. The lowest BCUT2D eigenvalue weighted by Crippen LogP contribution is -2.37. The summed E-state index contributed by atoms with van der Waals surface area (Å²) in [6.07, 6.45) is 1.21. The average molecular weight is 526 g/mol. The van der Waals surface area contributed by atoms with E-state index in [4.69, 9.17) is 19.2 Å². The summed E-state index contributed by atoms with van der Waals surface area (Å²) >= 11 is 0. The van der Waals surface area contributed by atoms with Gasteiger partial charge in [0.1, 0.15) is 11.6 Å². The van der Waals surface area contributed by atoms with Crippen LogP contribution in [0.1, 0.15) is 22.5 Å². The number of aliphatic hydroxyl groups is 1. The Morgan fingerprint density at radius 3 is 2.59 bits per heavy atom. The molecule has 9 heteroatoms. The summed E-state index contributed by atoms with van der Waals surface area (Å²) in [5.74, 6) is 1.94. The van der Waals surface area contributed by atoms with E-state index in [-0.39, 0.29) is 6.61 Å². The number of aliphatic hydroxyl groups excluding tert-OH is 1. The second kappa shape index (κ2) is 11.3. The molecule has 0 spiro atoms. The van der Waals surface area contributed by atoms with Crippen LogP contribution in [-0.2, 0) is 24.2 Å². The van der Waals surface area contributed by atoms with Gasteiger partial charge in [0.25, 0.3) is 0 Å². The first kappa shape index (κ1) is 25.1. The molecular formula is C30H31N5O4. The molecule has 1 aliphatic heterocycles. The van der Waals surface area contributed by atoms with Gasteiger partial charge in [-0.1, -0.05) is 36.4 Å². The standard InChI is InChI=1S/C30H31N5O4/c1-37-27-17-20(6-8-22(27)19-36)10-13-39-30-33-28(32-29(34-30)35-11-14-38-15-12-35)18-21-7-9-26-24(16-21)23-4-2-3-5-25(23)31-26/h2-9,16-17,31,36H,10-15,18-19H2,1H3. The number of ether oxygens (including phenoxy) is 3.